The van der Waals surface area contributed by atoms with Gasteiger partial charge in [-0.3, -0.25) is 0 Å². The Morgan fingerprint density at radius 3 is 0.773 bits per heavy atom. The first-order chi connectivity index (χ1) is 18.5. The third-order valence-electron chi connectivity index (χ3n) is 20.6. The lowest BCUT2D eigenvalue weighted by Crippen LogP contribution is -2.67. The van der Waals surface area contributed by atoms with Gasteiger partial charge in [0.25, 0.3) is 0 Å². The molecule has 266 valence electrons. The number of hydrogen-bond acceptors (Lipinski definition) is 0. The topological polar surface area (TPSA) is 0 Å². The minimum Gasteiger partial charge on any atom is -0.0696 e. The van der Waals surface area contributed by atoms with Crippen molar-refractivity contribution in [2.45, 2.75) is 216 Å². The molecule has 1 atom stereocenters. The summed E-state index contributed by atoms with van der Waals surface area (Å²) in [5.74, 6) is 0. The van der Waals surface area contributed by atoms with Gasteiger partial charge in [0.15, 0.2) is 0 Å². The molecule has 0 aliphatic heterocycles. The van der Waals surface area contributed by atoms with E-state index in [1.165, 1.54) is 6.42 Å². The normalized spacial score (nSPS) is 17.7. The summed E-state index contributed by atoms with van der Waals surface area (Å²) in [4.78, 5) is 0. The molecule has 44 heavy (non-hydrogen) atoms. The Bertz CT molecular complexity index is 997. The summed E-state index contributed by atoms with van der Waals surface area (Å²) in [6, 6.07) is 0. The van der Waals surface area contributed by atoms with Crippen molar-refractivity contribution in [3.63, 3.8) is 0 Å². The zero-order valence-corrected chi connectivity index (χ0v) is 38.8. The predicted molar refractivity (Wildman–Crippen MR) is 212 cm³/mol. The van der Waals surface area contributed by atoms with E-state index in [9.17, 15) is 0 Å². The Kier molecular flexibility index (Phi) is 11.6. The highest BCUT2D eigenvalue weighted by atomic mass is 28.4. The Labute approximate surface area is 284 Å². The van der Waals surface area contributed by atoms with Crippen LogP contribution in [0.5, 0.6) is 0 Å². The average Bonchev–Trinajstić information content (AvgIpc) is 2.81. The predicted octanol–water partition coefficient (Wildman–Crippen LogP) is 15.4. The summed E-state index contributed by atoms with van der Waals surface area (Å²) < 4.78 is 0. The van der Waals surface area contributed by atoms with Gasteiger partial charge >= 0.3 is 0 Å². The van der Waals surface area contributed by atoms with Crippen LogP contribution in [-0.2, 0) is 0 Å². The Balaban J connectivity index is 7.44. The van der Waals surface area contributed by atoms with E-state index < -0.39 is 16.1 Å². The monoisotopic (exact) mass is 651 g/mol. The molecule has 0 bridgehead atoms. The second kappa shape index (κ2) is 11.5. The van der Waals surface area contributed by atoms with E-state index in [-0.39, 0.29) is 59.2 Å². The Morgan fingerprint density at radius 2 is 0.568 bits per heavy atom. The number of hydrogen-bond donors (Lipinski definition) is 0. The van der Waals surface area contributed by atoms with Crippen LogP contribution in [0.4, 0.5) is 0 Å². The fourth-order valence-electron chi connectivity index (χ4n) is 9.97. The van der Waals surface area contributed by atoms with Gasteiger partial charge in [0, 0.05) is 8.07 Å². The van der Waals surface area contributed by atoms with E-state index in [0.29, 0.717) is 0 Å². The third-order valence-corrected chi connectivity index (χ3v) is 34.0. The van der Waals surface area contributed by atoms with E-state index in [4.69, 9.17) is 0 Å². The third kappa shape index (κ3) is 5.56. The first-order valence-corrected chi connectivity index (χ1v) is 25.1. The van der Waals surface area contributed by atoms with Crippen molar-refractivity contribution >= 4 is 16.1 Å². The molecule has 0 N–H and O–H groups in total. The van der Waals surface area contributed by atoms with E-state index in [2.05, 4.69) is 199 Å². The zero-order chi connectivity index (χ0) is 36.8. The van der Waals surface area contributed by atoms with Crippen LogP contribution in [0, 0.1) is 54.1 Å². The van der Waals surface area contributed by atoms with Gasteiger partial charge in [-0.2, -0.15) is 0 Å². The fraction of sp³-hybridized carbons (Fsp3) is 1.00. The molecule has 0 radical (unpaired) electrons. The Morgan fingerprint density at radius 1 is 0.364 bits per heavy atom. The Hall–Kier alpha value is 0.434. The van der Waals surface area contributed by atoms with Crippen LogP contribution in [0.25, 0.3) is 0 Å². The van der Waals surface area contributed by atoms with Crippen LogP contribution in [0.15, 0.2) is 0 Å². The fourth-order valence-corrected chi connectivity index (χ4v) is 22.7. The molecular weight excluding hydrogens is 561 g/mol. The van der Waals surface area contributed by atoms with Gasteiger partial charge in [0.2, 0.25) is 0 Å². The van der Waals surface area contributed by atoms with Crippen molar-refractivity contribution < 1.29 is 0 Å². The van der Waals surface area contributed by atoms with Gasteiger partial charge in [-0.1, -0.05) is 210 Å². The van der Waals surface area contributed by atoms with Crippen molar-refractivity contribution in [2.75, 3.05) is 0 Å². The SMILES string of the molecule is CCC(C)(C)C(C)(C)C(C)(C)C(C)(C)C(C)(C)C(C)(C)C(C)(C)C(C)(C)C(C)(C)C(C)(C)C(C)(C)[Si](C)(C)[C@H](C)[Si](C)(C)C. The van der Waals surface area contributed by atoms with Crippen LogP contribution in [0.3, 0.4) is 0 Å². The maximum absolute atomic E-state index is 2.73. The molecule has 0 aliphatic rings. The van der Waals surface area contributed by atoms with E-state index in [1.807, 2.05) is 0 Å². The molecule has 0 aromatic rings. The van der Waals surface area contributed by atoms with Gasteiger partial charge < -0.3 is 0 Å². The van der Waals surface area contributed by atoms with Crippen LogP contribution in [0.1, 0.15) is 173 Å². The maximum Gasteiger partial charge on any atom is 0.0538 e. The lowest BCUT2D eigenvalue weighted by Gasteiger charge is -2.73. The molecule has 0 heterocycles. The molecule has 0 fully saturated rings. The van der Waals surface area contributed by atoms with Gasteiger partial charge in [-0.05, 0) is 59.2 Å². The molecule has 0 spiro atoms. The van der Waals surface area contributed by atoms with Gasteiger partial charge in [0.05, 0.1) is 8.07 Å². The molecule has 0 aliphatic carbocycles. The first-order valence-electron chi connectivity index (χ1n) is 18.5. The molecule has 0 aromatic heterocycles. The van der Waals surface area contributed by atoms with Crippen molar-refractivity contribution in [3.8, 4) is 0 Å². The van der Waals surface area contributed by atoms with Crippen molar-refractivity contribution in [1.82, 2.24) is 0 Å². The second-order valence-corrected chi connectivity index (χ2v) is 35.0. The molecule has 0 nitrogen and oxygen atoms in total. The highest BCUT2D eigenvalue weighted by Crippen LogP contribution is 2.76. The standard InChI is InChI=1S/C42H90Si2/c1-30-32(3,4)33(5,6)34(7,8)35(9,10)36(11,12)37(13,14)38(15,16)39(17,18)40(19,20)41(21,22)42(23,24)44(28,29)31(2)43(25,26)27/h31H,30H2,1-29H3/t31-/m1/s1. The van der Waals surface area contributed by atoms with Crippen molar-refractivity contribution in [3.05, 3.63) is 0 Å². The summed E-state index contributed by atoms with van der Waals surface area (Å²) in [5.41, 5.74) is 0.923. The molecule has 2 heteroatoms. The molecule has 0 aromatic carbocycles. The summed E-state index contributed by atoms with van der Waals surface area (Å²) in [6.45, 7) is 75.7. The van der Waals surface area contributed by atoms with Gasteiger partial charge in [-0.15, -0.1) is 0 Å². The second-order valence-electron chi connectivity index (χ2n) is 23.3. The van der Waals surface area contributed by atoms with Crippen molar-refractivity contribution in [1.29, 1.82) is 0 Å². The molecule has 0 saturated carbocycles. The summed E-state index contributed by atoms with van der Waals surface area (Å²) in [5, 5.41) is 1.11. The molecule has 0 unspecified atom stereocenters. The summed E-state index contributed by atoms with van der Waals surface area (Å²) >= 11 is 0. The van der Waals surface area contributed by atoms with Crippen molar-refractivity contribution in [2.24, 2.45) is 54.1 Å². The van der Waals surface area contributed by atoms with Crippen LogP contribution in [-0.4, -0.2) is 16.1 Å². The summed E-state index contributed by atoms with van der Waals surface area (Å²) in [6.07, 6.45) is 1.19. The van der Waals surface area contributed by atoms with Crippen LogP contribution in [0.2, 0.25) is 42.9 Å². The largest absolute Gasteiger partial charge is 0.0696 e. The highest BCUT2D eigenvalue weighted by molar-refractivity contribution is 6.98. The van der Waals surface area contributed by atoms with Crippen LogP contribution < -0.4 is 0 Å². The maximum atomic E-state index is 2.73. The summed E-state index contributed by atoms with van der Waals surface area (Å²) in [7, 11) is -2.96. The molecule has 0 amide bonds. The average molecular weight is 651 g/mol. The van der Waals surface area contributed by atoms with Crippen LogP contribution >= 0.6 is 0 Å². The first kappa shape index (κ1) is 44.4. The lowest BCUT2D eigenvalue weighted by molar-refractivity contribution is -0.234. The quantitative estimate of drug-likeness (QED) is 0.164. The molecule has 0 saturated heterocycles. The lowest BCUT2D eigenvalue weighted by atomic mass is 9.33. The van der Waals surface area contributed by atoms with Gasteiger partial charge in [-0.25, -0.2) is 0 Å². The zero-order valence-electron chi connectivity index (χ0n) is 36.8. The smallest absolute Gasteiger partial charge is 0.0538 e. The minimum atomic E-state index is -1.67. The molecule has 0 rings (SSSR count). The van der Waals surface area contributed by atoms with E-state index in [1.54, 1.807) is 0 Å². The minimum absolute atomic E-state index is 0.0345. The highest BCUT2D eigenvalue weighted by Gasteiger charge is 2.69. The van der Waals surface area contributed by atoms with E-state index >= 15 is 0 Å². The molecular formula is C42H90Si2. The van der Waals surface area contributed by atoms with E-state index in [0.717, 1.165) is 5.16 Å². The van der Waals surface area contributed by atoms with Gasteiger partial charge in [0.1, 0.15) is 0 Å². The number of rotatable bonds is 14.